The Kier molecular flexibility index (Phi) is 2.89. The molecule has 6 heteroatoms. The summed E-state index contributed by atoms with van der Waals surface area (Å²) in [5, 5.41) is 0. The fraction of sp³-hybridized carbons (Fsp3) is 0.667. The minimum atomic E-state index is -0.701. The number of fused-ring (bicyclic) bond motifs is 2. The van der Waals surface area contributed by atoms with Crippen LogP contribution in [-0.4, -0.2) is 46.5 Å². The van der Waals surface area contributed by atoms with Gasteiger partial charge in [0.05, 0.1) is 21.7 Å². The molecule has 0 aromatic rings. The van der Waals surface area contributed by atoms with Crippen molar-refractivity contribution >= 4 is 23.6 Å². The van der Waals surface area contributed by atoms with Crippen LogP contribution in [0.4, 0.5) is 0 Å². The molecule has 3 saturated heterocycles. The number of hydrogen-bond donors (Lipinski definition) is 0. The van der Waals surface area contributed by atoms with Crippen molar-refractivity contribution in [3.05, 3.63) is 23.3 Å². The highest BCUT2D eigenvalue weighted by molar-refractivity contribution is 6.16. The molecule has 0 aromatic heterocycles. The standard InChI is InChI=1S/C24H26N2O4/c27-17-21-7-1-3-9-23(21)15(13-21)5-12-26-18(28)22-8-2-4-10-24(22,20(26)30)16(14-22)6-11-25(17)19(23)29/h13-14H,1-12H2/t21-,22-,23+,24+/m0/s1. The van der Waals surface area contributed by atoms with Gasteiger partial charge in [-0.05, 0) is 38.5 Å². The zero-order valence-electron chi connectivity index (χ0n) is 17.2. The van der Waals surface area contributed by atoms with E-state index < -0.39 is 21.7 Å². The molecule has 0 aromatic carbocycles. The number of nitrogens with zero attached hydrogens (tertiary/aromatic N) is 2. The van der Waals surface area contributed by atoms with Crippen LogP contribution in [0.2, 0.25) is 0 Å². The maximum atomic E-state index is 13.6. The maximum Gasteiger partial charge on any atom is 0.240 e. The lowest BCUT2D eigenvalue weighted by molar-refractivity contribution is -0.142. The molecule has 7 rings (SSSR count). The summed E-state index contributed by atoms with van der Waals surface area (Å²) < 4.78 is 0. The van der Waals surface area contributed by atoms with Crippen molar-refractivity contribution in [2.24, 2.45) is 21.7 Å². The topological polar surface area (TPSA) is 74.8 Å². The van der Waals surface area contributed by atoms with Crippen LogP contribution >= 0.6 is 0 Å². The van der Waals surface area contributed by atoms with Gasteiger partial charge < -0.3 is 0 Å². The second kappa shape index (κ2) is 4.97. The second-order valence-electron chi connectivity index (χ2n) is 10.5. The molecule has 4 atom stereocenters. The normalized spacial score (nSPS) is 46.1. The molecule has 5 fully saturated rings. The van der Waals surface area contributed by atoms with Crippen LogP contribution in [0.15, 0.2) is 23.3 Å². The van der Waals surface area contributed by atoms with E-state index in [0.717, 1.165) is 62.5 Å². The third-order valence-electron chi connectivity index (χ3n) is 9.89. The van der Waals surface area contributed by atoms with Gasteiger partial charge in [0.25, 0.3) is 0 Å². The molecule has 0 unspecified atom stereocenters. The van der Waals surface area contributed by atoms with Crippen LogP contribution in [0.3, 0.4) is 0 Å². The summed E-state index contributed by atoms with van der Waals surface area (Å²) in [4.78, 5) is 57.2. The number of carbonyl (C=O) groups is 4. The fourth-order valence-electron chi connectivity index (χ4n) is 8.57. The zero-order chi connectivity index (χ0) is 20.5. The first-order chi connectivity index (χ1) is 14.4. The molecule has 4 aliphatic carbocycles. The van der Waals surface area contributed by atoms with Crippen molar-refractivity contribution in [2.75, 3.05) is 13.1 Å². The van der Waals surface area contributed by atoms with E-state index in [-0.39, 0.29) is 23.6 Å². The summed E-state index contributed by atoms with van der Waals surface area (Å²) in [5.74, 6) is -0.0685. The predicted molar refractivity (Wildman–Crippen MR) is 106 cm³/mol. The summed E-state index contributed by atoms with van der Waals surface area (Å²) >= 11 is 0. The smallest absolute Gasteiger partial charge is 0.240 e. The van der Waals surface area contributed by atoms with Crippen LogP contribution in [0.25, 0.3) is 0 Å². The molecule has 4 bridgehead atoms. The zero-order valence-corrected chi connectivity index (χ0v) is 17.2. The van der Waals surface area contributed by atoms with E-state index in [0.29, 0.717) is 25.9 Å². The molecule has 4 amide bonds. The summed E-state index contributed by atoms with van der Waals surface area (Å²) in [7, 11) is 0. The Hall–Kier alpha value is -2.24. The van der Waals surface area contributed by atoms with Gasteiger partial charge in [0.1, 0.15) is 0 Å². The summed E-state index contributed by atoms with van der Waals surface area (Å²) in [6.07, 6.45) is 11.9. The molecule has 30 heavy (non-hydrogen) atoms. The third kappa shape index (κ3) is 1.41. The lowest BCUT2D eigenvalue weighted by Crippen LogP contribution is -2.55. The van der Waals surface area contributed by atoms with Crippen molar-refractivity contribution in [3.8, 4) is 0 Å². The van der Waals surface area contributed by atoms with Crippen LogP contribution < -0.4 is 0 Å². The molecule has 2 saturated carbocycles. The molecule has 0 radical (unpaired) electrons. The van der Waals surface area contributed by atoms with E-state index in [1.54, 1.807) is 0 Å². The highest BCUT2D eigenvalue weighted by Crippen LogP contribution is 2.71. The Morgan fingerprint density at radius 1 is 0.567 bits per heavy atom. The van der Waals surface area contributed by atoms with Gasteiger partial charge in [-0.2, -0.15) is 0 Å². The van der Waals surface area contributed by atoms with Crippen LogP contribution in [0.1, 0.15) is 64.2 Å². The first kappa shape index (κ1) is 17.4. The molecular formula is C24H26N2O4. The Labute approximate surface area is 175 Å². The van der Waals surface area contributed by atoms with E-state index in [1.807, 2.05) is 12.2 Å². The number of hydrogen-bond acceptors (Lipinski definition) is 4. The average Bonchev–Trinajstić information content (AvgIpc) is 2.97. The maximum absolute atomic E-state index is 13.6. The van der Waals surface area contributed by atoms with Gasteiger partial charge >= 0.3 is 0 Å². The third-order valence-corrected chi connectivity index (χ3v) is 9.89. The molecule has 0 N–H and O–H groups in total. The van der Waals surface area contributed by atoms with Crippen molar-refractivity contribution in [1.82, 2.24) is 9.80 Å². The molecule has 7 aliphatic rings. The van der Waals surface area contributed by atoms with E-state index >= 15 is 0 Å². The average molecular weight is 406 g/mol. The molecule has 156 valence electrons. The van der Waals surface area contributed by atoms with Crippen LogP contribution in [-0.2, 0) is 19.2 Å². The Bertz CT molecular complexity index is 960. The van der Waals surface area contributed by atoms with Gasteiger partial charge in [0.2, 0.25) is 23.6 Å². The van der Waals surface area contributed by atoms with E-state index in [9.17, 15) is 19.2 Å². The highest BCUT2D eigenvalue weighted by Gasteiger charge is 2.77. The summed E-state index contributed by atoms with van der Waals surface area (Å²) in [6.45, 7) is 0.681. The Balaban J connectivity index is 1.37. The lowest BCUT2D eigenvalue weighted by Gasteiger charge is -2.53. The summed E-state index contributed by atoms with van der Waals surface area (Å²) in [6, 6.07) is 0. The Morgan fingerprint density at radius 3 is 1.40 bits per heavy atom. The first-order valence-electron chi connectivity index (χ1n) is 11.6. The quantitative estimate of drug-likeness (QED) is 0.458. The van der Waals surface area contributed by atoms with Crippen LogP contribution in [0.5, 0.6) is 0 Å². The second-order valence-corrected chi connectivity index (χ2v) is 10.5. The van der Waals surface area contributed by atoms with Gasteiger partial charge in [-0.3, -0.25) is 29.0 Å². The van der Waals surface area contributed by atoms with Gasteiger partial charge in [0.15, 0.2) is 0 Å². The molecule has 3 aliphatic heterocycles. The van der Waals surface area contributed by atoms with Gasteiger partial charge in [0, 0.05) is 13.1 Å². The monoisotopic (exact) mass is 406 g/mol. The summed E-state index contributed by atoms with van der Waals surface area (Å²) in [5.41, 5.74) is -0.727. The fourth-order valence-corrected chi connectivity index (χ4v) is 8.57. The largest absolute Gasteiger partial charge is 0.281 e. The number of imide groups is 2. The SMILES string of the molecule is O=C1N2CCC3=C[C@]45CCCC[C@]34C(=O)N(CCC3=C[C@@]4(CCCC[C@]134)C2=O)C5=O. The van der Waals surface area contributed by atoms with E-state index in [1.165, 1.54) is 9.80 Å². The minimum Gasteiger partial charge on any atom is -0.281 e. The van der Waals surface area contributed by atoms with E-state index in [2.05, 4.69) is 0 Å². The van der Waals surface area contributed by atoms with Gasteiger partial charge in [-0.1, -0.05) is 49.0 Å². The number of rotatable bonds is 0. The van der Waals surface area contributed by atoms with Crippen molar-refractivity contribution in [2.45, 2.75) is 64.2 Å². The predicted octanol–water partition coefficient (Wildman–Crippen LogP) is 2.49. The first-order valence-corrected chi connectivity index (χ1v) is 11.6. The van der Waals surface area contributed by atoms with Gasteiger partial charge in [-0.15, -0.1) is 0 Å². The van der Waals surface area contributed by atoms with Crippen molar-refractivity contribution < 1.29 is 19.2 Å². The Morgan fingerprint density at radius 2 is 0.967 bits per heavy atom. The van der Waals surface area contributed by atoms with Crippen molar-refractivity contribution in [1.29, 1.82) is 0 Å². The lowest BCUT2D eigenvalue weighted by atomic mass is 9.46. The van der Waals surface area contributed by atoms with Gasteiger partial charge in [-0.25, -0.2) is 0 Å². The molecule has 6 nitrogen and oxygen atoms in total. The highest BCUT2D eigenvalue weighted by atomic mass is 16.2. The minimum absolute atomic E-state index is 0.0161. The molecule has 2 spiro atoms. The van der Waals surface area contributed by atoms with Crippen LogP contribution in [0, 0.1) is 21.7 Å². The van der Waals surface area contributed by atoms with Crippen molar-refractivity contribution in [3.63, 3.8) is 0 Å². The number of amides is 4. The van der Waals surface area contributed by atoms with E-state index in [4.69, 9.17) is 0 Å². The molecular weight excluding hydrogens is 380 g/mol. The number of carbonyl (C=O) groups excluding carboxylic acids is 4. The molecule has 3 heterocycles.